The van der Waals surface area contributed by atoms with Gasteiger partial charge in [-0.3, -0.25) is 4.90 Å². The first kappa shape index (κ1) is 17.8. The molecule has 0 radical (unpaired) electrons. The van der Waals surface area contributed by atoms with Gasteiger partial charge in [-0.05, 0) is 74.6 Å². The normalized spacial score (nSPS) is 20.0. The first-order chi connectivity index (χ1) is 12.3. The average molecular weight is 378 g/mol. The molecule has 1 fully saturated rings. The Balaban J connectivity index is 1.48. The fraction of sp³-hybridized carbons (Fsp3) is 0.632. The van der Waals surface area contributed by atoms with E-state index in [1.54, 1.807) is 0 Å². The van der Waals surface area contributed by atoms with Crippen LogP contribution >= 0.6 is 0 Å². The van der Waals surface area contributed by atoms with Crippen molar-refractivity contribution < 1.29 is 13.2 Å². The van der Waals surface area contributed by atoms with Crippen molar-refractivity contribution in [2.75, 3.05) is 18.4 Å². The molecule has 0 aromatic heterocycles. The molecule has 1 heterocycles. The second kappa shape index (κ2) is 6.53. The largest absolute Gasteiger partial charge is 0.332 e. The van der Waals surface area contributed by atoms with Gasteiger partial charge in [-0.1, -0.05) is 6.07 Å². The Labute approximate surface area is 155 Å². The van der Waals surface area contributed by atoms with Gasteiger partial charge in [-0.2, -0.15) is 0 Å². The molecule has 7 heteroatoms. The molecule has 0 atom stereocenters. The van der Waals surface area contributed by atoms with Crippen LogP contribution in [0, 0.1) is 0 Å². The highest BCUT2D eigenvalue weighted by Gasteiger charge is 2.39. The quantitative estimate of drug-likeness (QED) is 0.843. The Morgan fingerprint density at radius 1 is 1.08 bits per heavy atom. The highest BCUT2D eigenvalue weighted by atomic mass is 32.2. The monoisotopic (exact) mass is 377 g/mol. The molecule has 6 nitrogen and oxygen atoms in total. The maximum Gasteiger partial charge on any atom is 0.332 e. The molecule has 3 aliphatic rings. The molecule has 4 rings (SSSR count). The minimum Gasteiger partial charge on any atom is -0.307 e. The Morgan fingerprint density at radius 3 is 2.19 bits per heavy atom. The van der Waals surface area contributed by atoms with Crippen molar-refractivity contribution in [3.63, 3.8) is 0 Å². The van der Waals surface area contributed by atoms with E-state index >= 15 is 0 Å². The van der Waals surface area contributed by atoms with Crippen molar-refractivity contribution in [2.24, 2.45) is 0 Å². The number of aryl methyl sites for hydroxylation is 2. The van der Waals surface area contributed by atoms with Crippen LogP contribution in [-0.4, -0.2) is 43.7 Å². The van der Waals surface area contributed by atoms with Crippen LogP contribution < -0.4 is 10.0 Å². The van der Waals surface area contributed by atoms with Gasteiger partial charge >= 0.3 is 6.03 Å². The number of nitrogens with zero attached hydrogens (tertiary/aromatic N) is 1. The predicted octanol–water partition coefficient (Wildman–Crippen LogP) is 2.21. The van der Waals surface area contributed by atoms with E-state index in [1.807, 2.05) is 13.8 Å². The number of urea groups is 1. The molecular formula is C19H27N3O3S. The number of hydrogen-bond donors (Lipinski definition) is 2. The number of fused-ring (bicyclic) bond motifs is 2. The molecular weight excluding hydrogens is 350 g/mol. The van der Waals surface area contributed by atoms with E-state index in [4.69, 9.17) is 0 Å². The van der Waals surface area contributed by atoms with Crippen molar-refractivity contribution in [3.8, 4) is 0 Å². The van der Waals surface area contributed by atoms with E-state index in [9.17, 15) is 13.2 Å². The van der Waals surface area contributed by atoms with Gasteiger partial charge in [-0.25, -0.2) is 17.9 Å². The summed E-state index contributed by atoms with van der Waals surface area (Å²) in [6.07, 6.45) is 6.20. The van der Waals surface area contributed by atoms with Crippen molar-refractivity contribution >= 4 is 21.7 Å². The van der Waals surface area contributed by atoms with Gasteiger partial charge in [-0.15, -0.1) is 0 Å². The van der Waals surface area contributed by atoms with Gasteiger partial charge in [0.25, 0.3) is 0 Å². The Morgan fingerprint density at radius 2 is 1.65 bits per heavy atom. The molecule has 2 aliphatic carbocycles. The van der Waals surface area contributed by atoms with Crippen molar-refractivity contribution in [2.45, 2.75) is 63.7 Å². The van der Waals surface area contributed by atoms with E-state index in [0.717, 1.165) is 44.2 Å². The van der Waals surface area contributed by atoms with E-state index in [2.05, 4.69) is 21.0 Å². The number of carbonyl (C=O) groups is 1. The summed E-state index contributed by atoms with van der Waals surface area (Å²) in [4.78, 5) is 14.6. The topological polar surface area (TPSA) is 78.5 Å². The first-order valence-corrected chi connectivity index (χ1v) is 11.1. The summed E-state index contributed by atoms with van der Waals surface area (Å²) in [5.41, 5.74) is 5.91. The highest BCUT2D eigenvalue weighted by Crippen LogP contribution is 2.38. The van der Waals surface area contributed by atoms with Gasteiger partial charge < -0.3 is 5.32 Å². The SMILES string of the molecule is CC(C)N1CC(S(=O)(=O)NC(=O)Nc2c3c(cc4c2CCC4)CCC3)C1. The molecule has 0 spiro atoms. The molecule has 0 bridgehead atoms. The number of hydrogen-bond acceptors (Lipinski definition) is 4. The fourth-order valence-corrected chi connectivity index (χ4v) is 5.66. The van der Waals surface area contributed by atoms with E-state index in [1.165, 1.54) is 22.3 Å². The van der Waals surface area contributed by atoms with Crippen LogP contribution in [0.5, 0.6) is 0 Å². The molecule has 1 aromatic carbocycles. The first-order valence-electron chi connectivity index (χ1n) is 9.58. The van der Waals surface area contributed by atoms with Crippen LogP contribution in [0.3, 0.4) is 0 Å². The molecule has 2 amide bonds. The summed E-state index contributed by atoms with van der Waals surface area (Å²) in [5, 5.41) is 2.38. The number of nitrogens with one attached hydrogen (secondary N) is 2. The lowest BCUT2D eigenvalue weighted by atomic mass is 9.99. The van der Waals surface area contributed by atoms with E-state index < -0.39 is 21.3 Å². The van der Waals surface area contributed by atoms with Crippen LogP contribution in [0.25, 0.3) is 0 Å². The zero-order valence-corrected chi connectivity index (χ0v) is 16.3. The summed E-state index contributed by atoms with van der Waals surface area (Å²) in [6.45, 7) is 5.05. The maximum absolute atomic E-state index is 12.5. The Bertz CT molecular complexity index is 810. The number of likely N-dealkylation sites (tertiary alicyclic amines) is 1. The van der Waals surface area contributed by atoms with Crippen molar-refractivity contribution in [1.29, 1.82) is 0 Å². The molecule has 0 saturated carbocycles. The lowest BCUT2D eigenvalue weighted by molar-refractivity contribution is 0.141. The van der Waals surface area contributed by atoms with Gasteiger partial charge in [0.2, 0.25) is 10.0 Å². The maximum atomic E-state index is 12.5. The van der Waals surface area contributed by atoms with Crippen LogP contribution in [0.4, 0.5) is 10.5 Å². The number of rotatable bonds is 4. The fourth-order valence-electron chi connectivity index (χ4n) is 4.41. The number of amides is 2. The second-order valence-corrected chi connectivity index (χ2v) is 9.97. The Kier molecular flexibility index (Phi) is 4.47. The van der Waals surface area contributed by atoms with Crippen LogP contribution in [0.2, 0.25) is 0 Å². The summed E-state index contributed by atoms with van der Waals surface area (Å²) in [5.74, 6) is 0. The predicted molar refractivity (Wildman–Crippen MR) is 102 cm³/mol. The third-order valence-corrected chi connectivity index (χ3v) is 7.64. The van der Waals surface area contributed by atoms with Gasteiger partial charge in [0, 0.05) is 24.8 Å². The minimum absolute atomic E-state index is 0.324. The average Bonchev–Trinajstić information content (AvgIpc) is 3.12. The lowest BCUT2D eigenvalue weighted by Gasteiger charge is -2.41. The molecule has 2 N–H and O–H groups in total. The van der Waals surface area contributed by atoms with Crippen molar-refractivity contribution in [1.82, 2.24) is 9.62 Å². The molecule has 1 saturated heterocycles. The third kappa shape index (κ3) is 3.11. The zero-order valence-electron chi connectivity index (χ0n) is 15.5. The van der Waals surface area contributed by atoms with Gasteiger partial charge in [0.1, 0.15) is 5.25 Å². The van der Waals surface area contributed by atoms with Crippen LogP contribution in [0.15, 0.2) is 6.07 Å². The number of sulfonamides is 1. The Hall–Kier alpha value is -1.60. The summed E-state index contributed by atoms with van der Waals surface area (Å²) < 4.78 is 27.1. The number of carbonyl (C=O) groups excluding carboxylic acids is 1. The summed E-state index contributed by atoms with van der Waals surface area (Å²) in [6, 6.07) is 1.99. The zero-order chi connectivity index (χ0) is 18.5. The highest BCUT2D eigenvalue weighted by molar-refractivity contribution is 7.90. The number of anilines is 1. The molecule has 26 heavy (non-hydrogen) atoms. The van der Waals surface area contributed by atoms with Gasteiger partial charge in [0.05, 0.1) is 0 Å². The summed E-state index contributed by atoms with van der Waals surface area (Å²) in [7, 11) is -3.64. The molecule has 142 valence electrons. The standard InChI is InChI=1S/C19H27N3O3S/c1-12(2)22-10-15(11-22)26(24,25)21-19(23)20-18-16-7-3-5-13(16)9-14-6-4-8-17(14)18/h9,12,15H,3-8,10-11H2,1-2H3,(H2,20,21,23). The van der Waals surface area contributed by atoms with Gasteiger partial charge in [0.15, 0.2) is 0 Å². The van der Waals surface area contributed by atoms with E-state index in [-0.39, 0.29) is 0 Å². The lowest BCUT2D eigenvalue weighted by Crippen LogP contribution is -2.60. The smallest absolute Gasteiger partial charge is 0.307 e. The van der Waals surface area contributed by atoms with Crippen LogP contribution in [-0.2, 0) is 35.7 Å². The van der Waals surface area contributed by atoms with E-state index in [0.29, 0.717) is 19.1 Å². The molecule has 1 aromatic rings. The minimum atomic E-state index is -3.64. The van der Waals surface area contributed by atoms with Crippen molar-refractivity contribution in [3.05, 3.63) is 28.3 Å². The number of benzene rings is 1. The second-order valence-electron chi connectivity index (χ2n) is 8.00. The van der Waals surface area contributed by atoms with Crippen LogP contribution in [0.1, 0.15) is 48.9 Å². The molecule has 1 aliphatic heterocycles. The summed E-state index contributed by atoms with van der Waals surface area (Å²) >= 11 is 0. The third-order valence-electron chi connectivity index (χ3n) is 5.99. The molecule has 0 unspecified atom stereocenters.